The lowest BCUT2D eigenvalue weighted by Gasteiger charge is -2.17. The van der Waals surface area contributed by atoms with Crippen molar-refractivity contribution in [3.05, 3.63) is 28.2 Å². The predicted molar refractivity (Wildman–Crippen MR) is 69.6 cm³/mol. The van der Waals surface area contributed by atoms with Gasteiger partial charge in [-0.05, 0) is 18.2 Å². The Morgan fingerprint density at radius 3 is 2.72 bits per heavy atom. The zero-order chi connectivity index (χ0) is 13.7. The normalized spacial score (nSPS) is 11.9. The standard InChI is InChI=1S/C11H13BrN2O4/c1-18-5-9(11(16)17)14-8-4-6(12)2-3-7(8)10(13)15/h2-4,9,14H,5H2,1H3,(H2,13,15)(H,16,17). The fourth-order valence-electron chi connectivity index (χ4n) is 1.38. The number of hydrogen-bond donors (Lipinski definition) is 3. The Morgan fingerprint density at radius 2 is 2.22 bits per heavy atom. The highest BCUT2D eigenvalue weighted by Gasteiger charge is 2.19. The molecule has 1 atom stereocenters. The van der Waals surface area contributed by atoms with Crippen molar-refractivity contribution in [2.75, 3.05) is 19.0 Å². The minimum Gasteiger partial charge on any atom is -0.480 e. The number of amides is 1. The molecule has 0 fully saturated rings. The number of nitrogens with two attached hydrogens (primary N) is 1. The number of carboxylic acid groups (broad SMARTS) is 1. The summed E-state index contributed by atoms with van der Waals surface area (Å²) in [6.07, 6.45) is 0. The zero-order valence-electron chi connectivity index (χ0n) is 9.64. The molecule has 0 aliphatic heterocycles. The van der Waals surface area contributed by atoms with Crippen LogP contribution in [0.15, 0.2) is 22.7 Å². The highest BCUT2D eigenvalue weighted by molar-refractivity contribution is 9.10. The molecule has 0 saturated heterocycles. The lowest BCUT2D eigenvalue weighted by Crippen LogP contribution is -2.34. The third kappa shape index (κ3) is 3.71. The van der Waals surface area contributed by atoms with Gasteiger partial charge in [-0.3, -0.25) is 4.79 Å². The number of carboxylic acids is 1. The average Bonchev–Trinajstić information content (AvgIpc) is 2.28. The predicted octanol–water partition coefficient (Wildman–Crippen LogP) is 1.06. The summed E-state index contributed by atoms with van der Waals surface area (Å²) in [4.78, 5) is 22.2. The molecule has 1 amide bonds. The van der Waals surface area contributed by atoms with E-state index in [1.165, 1.54) is 13.2 Å². The first-order valence-electron chi connectivity index (χ1n) is 5.03. The fraction of sp³-hybridized carbons (Fsp3) is 0.273. The van der Waals surface area contributed by atoms with E-state index >= 15 is 0 Å². The lowest BCUT2D eigenvalue weighted by atomic mass is 10.1. The number of halogens is 1. The van der Waals surface area contributed by atoms with Gasteiger partial charge < -0.3 is 20.9 Å². The molecule has 1 unspecified atom stereocenters. The highest BCUT2D eigenvalue weighted by atomic mass is 79.9. The van der Waals surface area contributed by atoms with Gasteiger partial charge in [0.05, 0.1) is 12.2 Å². The number of rotatable bonds is 6. The van der Waals surface area contributed by atoms with E-state index in [9.17, 15) is 9.59 Å². The number of nitrogens with one attached hydrogen (secondary N) is 1. The van der Waals surface area contributed by atoms with Crippen LogP contribution in [0, 0.1) is 0 Å². The van der Waals surface area contributed by atoms with Crippen molar-refractivity contribution in [1.82, 2.24) is 0 Å². The molecule has 0 aliphatic carbocycles. The van der Waals surface area contributed by atoms with Crippen LogP contribution in [0.25, 0.3) is 0 Å². The van der Waals surface area contributed by atoms with Crippen molar-refractivity contribution in [2.24, 2.45) is 5.73 Å². The molecule has 0 bridgehead atoms. The van der Waals surface area contributed by atoms with Gasteiger partial charge in [0.2, 0.25) is 0 Å². The summed E-state index contributed by atoms with van der Waals surface area (Å²) >= 11 is 3.24. The van der Waals surface area contributed by atoms with Gasteiger partial charge in [0, 0.05) is 17.3 Å². The monoisotopic (exact) mass is 316 g/mol. The summed E-state index contributed by atoms with van der Waals surface area (Å²) < 4.78 is 5.50. The topological polar surface area (TPSA) is 102 Å². The summed E-state index contributed by atoms with van der Waals surface area (Å²) in [6.45, 7) is -0.0277. The van der Waals surface area contributed by atoms with Crippen molar-refractivity contribution < 1.29 is 19.4 Å². The second kappa shape index (κ2) is 6.36. The third-order valence-corrected chi connectivity index (χ3v) is 2.70. The minimum absolute atomic E-state index is 0.0277. The number of anilines is 1. The molecule has 0 aromatic heterocycles. The molecule has 0 radical (unpaired) electrons. The molecular formula is C11H13BrN2O4. The Bertz CT molecular complexity index is 464. The van der Waals surface area contributed by atoms with Gasteiger partial charge in [0.15, 0.2) is 0 Å². The van der Waals surface area contributed by atoms with Crippen molar-refractivity contribution in [1.29, 1.82) is 0 Å². The molecule has 0 heterocycles. The molecule has 1 aromatic rings. The summed E-state index contributed by atoms with van der Waals surface area (Å²) in [6, 6.07) is 3.80. The van der Waals surface area contributed by atoms with E-state index in [0.717, 1.165) is 0 Å². The average molecular weight is 317 g/mol. The van der Waals surface area contributed by atoms with Gasteiger partial charge >= 0.3 is 5.97 Å². The van der Waals surface area contributed by atoms with E-state index in [1.54, 1.807) is 12.1 Å². The molecule has 7 heteroatoms. The van der Waals surface area contributed by atoms with Gasteiger partial charge in [-0.25, -0.2) is 4.79 Å². The van der Waals surface area contributed by atoms with Gasteiger partial charge in [0.25, 0.3) is 5.91 Å². The van der Waals surface area contributed by atoms with Crippen LogP contribution in [0.2, 0.25) is 0 Å². The number of carbonyl (C=O) groups is 2. The Labute approximate surface area is 112 Å². The van der Waals surface area contributed by atoms with Crippen LogP contribution in [0.4, 0.5) is 5.69 Å². The van der Waals surface area contributed by atoms with E-state index in [1.807, 2.05) is 0 Å². The van der Waals surface area contributed by atoms with Crippen LogP contribution >= 0.6 is 15.9 Å². The Balaban J connectivity index is 3.03. The van der Waals surface area contributed by atoms with E-state index < -0.39 is 17.9 Å². The number of carbonyl (C=O) groups excluding carboxylic acids is 1. The van der Waals surface area contributed by atoms with Gasteiger partial charge in [-0.1, -0.05) is 15.9 Å². The first-order chi connectivity index (χ1) is 8.45. The second-order valence-electron chi connectivity index (χ2n) is 3.54. The summed E-state index contributed by atoms with van der Waals surface area (Å²) in [5.74, 6) is -1.71. The van der Waals surface area contributed by atoms with Crippen LogP contribution in [-0.2, 0) is 9.53 Å². The number of methoxy groups -OCH3 is 1. The number of hydrogen-bond acceptors (Lipinski definition) is 4. The molecule has 0 spiro atoms. The Kier molecular flexibility index (Phi) is 5.11. The van der Waals surface area contributed by atoms with E-state index in [0.29, 0.717) is 10.2 Å². The van der Waals surface area contributed by atoms with Crippen LogP contribution in [0.1, 0.15) is 10.4 Å². The molecule has 6 nitrogen and oxygen atoms in total. The summed E-state index contributed by atoms with van der Waals surface area (Å²) in [5, 5.41) is 11.7. The number of ether oxygens (including phenoxy) is 1. The van der Waals surface area contributed by atoms with E-state index in [2.05, 4.69) is 21.2 Å². The maximum Gasteiger partial charge on any atom is 0.328 e. The largest absolute Gasteiger partial charge is 0.480 e. The Morgan fingerprint density at radius 1 is 1.56 bits per heavy atom. The molecule has 1 aromatic carbocycles. The lowest BCUT2D eigenvalue weighted by molar-refractivity contribution is -0.139. The molecule has 1 rings (SSSR count). The molecule has 0 saturated carbocycles. The van der Waals surface area contributed by atoms with Gasteiger partial charge in [0.1, 0.15) is 6.04 Å². The van der Waals surface area contributed by atoms with E-state index in [-0.39, 0.29) is 12.2 Å². The molecular weight excluding hydrogens is 304 g/mol. The molecule has 98 valence electrons. The number of aliphatic carboxylic acids is 1. The molecule has 0 aliphatic rings. The summed E-state index contributed by atoms with van der Waals surface area (Å²) in [7, 11) is 1.40. The van der Waals surface area contributed by atoms with Crippen molar-refractivity contribution >= 4 is 33.5 Å². The van der Waals surface area contributed by atoms with Gasteiger partial charge in [-0.2, -0.15) is 0 Å². The maximum absolute atomic E-state index is 11.2. The summed E-state index contributed by atoms with van der Waals surface area (Å²) in [5.41, 5.74) is 5.79. The number of primary amides is 1. The van der Waals surface area contributed by atoms with Crippen molar-refractivity contribution in [2.45, 2.75) is 6.04 Å². The number of benzene rings is 1. The first kappa shape index (κ1) is 14.5. The van der Waals surface area contributed by atoms with E-state index in [4.69, 9.17) is 15.6 Å². The van der Waals surface area contributed by atoms with Crippen LogP contribution in [0.5, 0.6) is 0 Å². The van der Waals surface area contributed by atoms with Crippen molar-refractivity contribution in [3.8, 4) is 0 Å². The van der Waals surface area contributed by atoms with Gasteiger partial charge in [-0.15, -0.1) is 0 Å². The maximum atomic E-state index is 11.2. The molecule has 4 N–H and O–H groups in total. The Hall–Kier alpha value is -1.60. The highest BCUT2D eigenvalue weighted by Crippen LogP contribution is 2.22. The van der Waals surface area contributed by atoms with Crippen LogP contribution in [-0.4, -0.2) is 36.7 Å². The molecule has 18 heavy (non-hydrogen) atoms. The first-order valence-corrected chi connectivity index (χ1v) is 5.82. The third-order valence-electron chi connectivity index (χ3n) is 2.21. The minimum atomic E-state index is -1.08. The smallest absolute Gasteiger partial charge is 0.328 e. The van der Waals surface area contributed by atoms with Crippen molar-refractivity contribution in [3.63, 3.8) is 0 Å². The fourth-order valence-corrected chi connectivity index (χ4v) is 1.74. The van der Waals surface area contributed by atoms with Crippen LogP contribution in [0.3, 0.4) is 0 Å². The van der Waals surface area contributed by atoms with Crippen LogP contribution < -0.4 is 11.1 Å². The SMILES string of the molecule is COCC(Nc1cc(Br)ccc1C(N)=O)C(=O)O. The zero-order valence-corrected chi connectivity index (χ0v) is 11.2. The second-order valence-corrected chi connectivity index (χ2v) is 4.46. The quantitative estimate of drug-likeness (QED) is 0.728.